The Labute approximate surface area is 141 Å². The predicted molar refractivity (Wildman–Crippen MR) is 92.6 cm³/mol. The Morgan fingerprint density at radius 3 is 2.87 bits per heavy atom. The lowest BCUT2D eigenvalue weighted by atomic mass is 10.1. The topological polar surface area (TPSA) is 64.7 Å². The smallest absolute Gasteiger partial charge is 0.317 e. The van der Waals surface area contributed by atoms with Crippen LogP contribution in [0.15, 0.2) is 16.8 Å². The summed E-state index contributed by atoms with van der Waals surface area (Å²) in [5.74, 6) is -0.0395. The molecule has 0 bridgehead atoms. The summed E-state index contributed by atoms with van der Waals surface area (Å²) in [6.07, 6.45) is 1.85. The molecule has 23 heavy (non-hydrogen) atoms. The van der Waals surface area contributed by atoms with Crippen LogP contribution >= 0.6 is 11.3 Å². The predicted octanol–water partition coefficient (Wildman–Crippen LogP) is 1.66. The van der Waals surface area contributed by atoms with Crippen LogP contribution in [0.25, 0.3) is 0 Å². The molecular weight excluding hydrogens is 312 g/mol. The molecule has 1 aromatic heterocycles. The van der Waals surface area contributed by atoms with Crippen LogP contribution in [0.2, 0.25) is 0 Å². The minimum Gasteiger partial charge on any atom is -0.352 e. The van der Waals surface area contributed by atoms with Gasteiger partial charge in [-0.1, -0.05) is 0 Å². The highest BCUT2D eigenvalue weighted by molar-refractivity contribution is 7.07. The number of piperidine rings is 1. The first kappa shape index (κ1) is 17.7. The number of thiophene rings is 1. The van der Waals surface area contributed by atoms with Gasteiger partial charge in [0, 0.05) is 32.6 Å². The van der Waals surface area contributed by atoms with E-state index in [1.54, 1.807) is 16.2 Å². The second-order valence-corrected chi connectivity index (χ2v) is 6.99. The van der Waals surface area contributed by atoms with Gasteiger partial charge in [-0.05, 0) is 49.3 Å². The van der Waals surface area contributed by atoms with Crippen LogP contribution in [0.1, 0.15) is 31.4 Å². The number of nitrogens with zero attached hydrogens (tertiary/aromatic N) is 2. The van der Waals surface area contributed by atoms with Gasteiger partial charge in [0.2, 0.25) is 5.91 Å². The molecule has 0 unspecified atom stereocenters. The van der Waals surface area contributed by atoms with E-state index in [4.69, 9.17) is 0 Å². The molecule has 0 saturated carbocycles. The van der Waals surface area contributed by atoms with Crippen LogP contribution in [-0.2, 0) is 4.79 Å². The first-order chi connectivity index (χ1) is 11.0. The van der Waals surface area contributed by atoms with Gasteiger partial charge in [0.15, 0.2) is 0 Å². The molecule has 0 radical (unpaired) electrons. The Balaban J connectivity index is 1.87. The molecular formula is C16H26N4O2S. The van der Waals surface area contributed by atoms with Crippen LogP contribution in [-0.4, -0.2) is 61.5 Å². The molecule has 128 valence electrons. The average molecular weight is 338 g/mol. The maximum absolute atomic E-state index is 12.4. The second-order valence-electron chi connectivity index (χ2n) is 6.21. The van der Waals surface area contributed by atoms with Crippen molar-refractivity contribution >= 4 is 23.3 Å². The summed E-state index contributed by atoms with van der Waals surface area (Å²) in [4.78, 5) is 27.5. The molecule has 1 aliphatic rings. The molecule has 0 spiro atoms. The zero-order valence-corrected chi connectivity index (χ0v) is 14.9. The fourth-order valence-electron chi connectivity index (χ4n) is 2.93. The van der Waals surface area contributed by atoms with Crippen molar-refractivity contribution in [2.75, 3.05) is 33.7 Å². The highest BCUT2D eigenvalue weighted by Gasteiger charge is 2.25. The molecule has 2 N–H and O–H groups in total. The van der Waals surface area contributed by atoms with Gasteiger partial charge in [0.1, 0.15) is 0 Å². The molecule has 1 fully saturated rings. The first-order valence-electron chi connectivity index (χ1n) is 7.95. The Hall–Kier alpha value is -1.60. The zero-order chi connectivity index (χ0) is 16.8. The van der Waals surface area contributed by atoms with E-state index in [-0.39, 0.29) is 24.0 Å². The third-order valence-electron chi connectivity index (χ3n) is 4.11. The van der Waals surface area contributed by atoms with E-state index in [0.29, 0.717) is 13.1 Å². The lowest BCUT2D eigenvalue weighted by molar-refractivity contribution is -0.119. The molecule has 0 aromatic carbocycles. The molecule has 1 aliphatic heterocycles. The zero-order valence-electron chi connectivity index (χ0n) is 14.0. The van der Waals surface area contributed by atoms with Crippen molar-refractivity contribution in [1.82, 2.24) is 20.4 Å². The number of carbonyl (C=O) groups is 2. The fraction of sp³-hybridized carbons (Fsp3) is 0.625. The standard InChI is InChI=1S/C16H26N4O2S/c1-12(21)18-14-5-4-7-20(10-14)16(22)17-9-15(19(2)3)13-6-8-23-11-13/h6,8,11,14-15H,4-5,7,9-10H2,1-3H3,(H,17,22)(H,18,21)/t14-,15-/m0/s1. The minimum atomic E-state index is -0.0536. The van der Waals surface area contributed by atoms with Crippen LogP contribution < -0.4 is 10.6 Å². The summed E-state index contributed by atoms with van der Waals surface area (Å²) in [7, 11) is 4.03. The van der Waals surface area contributed by atoms with Gasteiger partial charge in [-0.25, -0.2) is 4.79 Å². The molecule has 7 heteroatoms. The van der Waals surface area contributed by atoms with Crippen molar-refractivity contribution < 1.29 is 9.59 Å². The molecule has 3 amide bonds. The Kier molecular flexibility index (Phi) is 6.41. The van der Waals surface area contributed by atoms with E-state index in [9.17, 15) is 9.59 Å². The average Bonchev–Trinajstić information content (AvgIpc) is 3.00. The molecule has 2 rings (SSSR count). The van der Waals surface area contributed by atoms with Crippen molar-refractivity contribution in [2.24, 2.45) is 0 Å². The summed E-state index contributed by atoms with van der Waals surface area (Å²) < 4.78 is 0. The van der Waals surface area contributed by atoms with E-state index in [0.717, 1.165) is 19.4 Å². The lowest BCUT2D eigenvalue weighted by Gasteiger charge is -2.33. The number of hydrogen-bond donors (Lipinski definition) is 2. The summed E-state index contributed by atoms with van der Waals surface area (Å²) >= 11 is 1.66. The van der Waals surface area contributed by atoms with Gasteiger partial charge < -0.3 is 20.4 Å². The molecule has 1 saturated heterocycles. The highest BCUT2D eigenvalue weighted by atomic mass is 32.1. The molecule has 2 heterocycles. The van der Waals surface area contributed by atoms with E-state index in [2.05, 4.69) is 32.4 Å². The SMILES string of the molecule is CC(=O)N[C@H]1CCCN(C(=O)NC[C@@H](c2ccsc2)N(C)C)C1. The quantitative estimate of drug-likeness (QED) is 0.858. The number of likely N-dealkylation sites (N-methyl/N-ethyl adjacent to an activating group) is 1. The van der Waals surface area contributed by atoms with E-state index in [1.165, 1.54) is 12.5 Å². The van der Waals surface area contributed by atoms with Gasteiger partial charge in [0.05, 0.1) is 6.04 Å². The van der Waals surface area contributed by atoms with Crippen molar-refractivity contribution in [3.63, 3.8) is 0 Å². The van der Waals surface area contributed by atoms with Crippen LogP contribution in [0.5, 0.6) is 0 Å². The molecule has 1 aromatic rings. The van der Waals surface area contributed by atoms with Gasteiger partial charge in [-0.2, -0.15) is 11.3 Å². The van der Waals surface area contributed by atoms with Crippen molar-refractivity contribution in [1.29, 1.82) is 0 Å². The third-order valence-corrected chi connectivity index (χ3v) is 4.82. The third kappa shape index (κ3) is 5.21. The van der Waals surface area contributed by atoms with Gasteiger partial charge in [0.25, 0.3) is 0 Å². The molecule has 6 nitrogen and oxygen atoms in total. The minimum absolute atomic E-state index is 0.0395. The first-order valence-corrected chi connectivity index (χ1v) is 8.90. The number of amides is 3. The van der Waals surface area contributed by atoms with Crippen LogP contribution in [0.3, 0.4) is 0 Å². The molecule has 0 aliphatic carbocycles. The van der Waals surface area contributed by atoms with Gasteiger partial charge in [-0.3, -0.25) is 4.79 Å². The number of rotatable bonds is 5. The second kappa shape index (κ2) is 8.31. The molecule has 2 atom stereocenters. The van der Waals surface area contributed by atoms with E-state index >= 15 is 0 Å². The summed E-state index contributed by atoms with van der Waals surface area (Å²) in [6.45, 7) is 3.41. The van der Waals surface area contributed by atoms with E-state index < -0.39 is 0 Å². The van der Waals surface area contributed by atoms with Crippen molar-refractivity contribution in [2.45, 2.75) is 31.8 Å². The number of carbonyl (C=O) groups excluding carboxylic acids is 2. The Morgan fingerprint density at radius 1 is 1.48 bits per heavy atom. The number of hydrogen-bond acceptors (Lipinski definition) is 4. The largest absolute Gasteiger partial charge is 0.352 e. The van der Waals surface area contributed by atoms with Gasteiger partial charge in [-0.15, -0.1) is 0 Å². The van der Waals surface area contributed by atoms with Crippen molar-refractivity contribution in [3.05, 3.63) is 22.4 Å². The normalized spacial score (nSPS) is 19.5. The Morgan fingerprint density at radius 2 is 2.26 bits per heavy atom. The monoisotopic (exact) mass is 338 g/mol. The van der Waals surface area contributed by atoms with Crippen LogP contribution in [0.4, 0.5) is 4.79 Å². The van der Waals surface area contributed by atoms with E-state index in [1.807, 2.05) is 14.1 Å². The van der Waals surface area contributed by atoms with Gasteiger partial charge >= 0.3 is 6.03 Å². The number of nitrogens with one attached hydrogen (secondary N) is 2. The summed E-state index contributed by atoms with van der Waals surface area (Å²) in [5, 5.41) is 10.1. The summed E-state index contributed by atoms with van der Waals surface area (Å²) in [5.41, 5.74) is 1.22. The number of urea groups is 1. The lowest BCUT2D eigenvalue weighted by Crippen LogP contribution is -2.52. The van der Waals surface area contributed by atoms with Crippen molar-refractivity contribution in [3.8, 4) is 0 Å². The van der Waals surface area contributed by atoms with Crippen LogP contribution in [0, 0.1) is 0 Å². The number of likely N-dealkylation sites (tertiary alicyclic amines) is 1. The summed E-state index contributed by atoms with van der Waals surface area (Å²) in [6, 6.07) is 2.27. The maximum atomic E-state index is 12.4. The fourth-order valence-corrected chi connectivity index (χ4v) is 3.63. The maximum Gasteiger partial charge on any atom is 0.317 e. The highest BCUT2D eigenvalue weighted by Crippen LogP contribution is 2.20. The Bertz CT molecular complexity index is 518.